The normalized spacial score (nSPS) is 26.4. The highest BCUT2D eigenvalue weighted by molar-refractivity contribution is 6.07. The summed E-state index contributed by atoms with van der Waals surface area (Å²) in [7, 11) is 0. The Hall–Kier alpha value is -1.18. The number of hydrogen-bond donors (Lipinski definition) is 5. The van der Waals surface area contributed by atoms with Crippen molar-refractivity contribution in [3.63, 3.8) is 0 Å². The van der Waals surface area contributed by atoms with Gasteiger partial charge in [0.25, 0.3) is 5.91 Å². The maximum atomic E-state index is 11.5. The second-order valence-corrected chi connectivity index (χ2v) is 3.79. The van der Waals surface area contributed by atoms with Crippen LogP contribution in [0.2, 0.25) is 0 Å². The molecule has 1 aliphatic heterocycles. The molecule has 7 heteroatoms. The second-order valence-electron chi connectivity index (χ2n) is 3.79. The van der Waals surface area contributed by atoms with Crippen LogP contribution in [-0.2, 0) is 4.79 Å². The smallest absolute Gasteiger partial charge is 0.322 e. The summed E-state index contributed by atoms with van der Waals surface area (Å²) < 4.78 is 0. The summed E-state index contributed by atoms with van der Waals surface area (Å²) in [5.74, 6) is -0.676. The van der Waals surface area contributed by atoms with Gasteiger partial charge in [-0.05, 0) is 6.92 Å². The molecule has 1 fully saturated rings. The fraction of sp³-hybridized carbons (Fsp3) is 0.750. The van der Waals surface area contributed by atoms with E-state index in [9.17, 15) is 9.59 Å². The number of hydrogen-bond acceptors (Lipinski definition) is 5. The van der Waals surface area contributed by atoms with Gasteiger partial charge >= 0.3 is 6.03 Å². The zero-order valence-corrected chi connectivity index (χ0v) is 8.28. The van der Waals surface area contributed by atoms with Crippen molar-refractivity contribution in [2.75, 3.05) is 19.8 Å². The predicted molar refractivity (Wildman–Crippen MR) is 48.8 cm³/mol. The Bertz CT molecular complexity index is 280. The monoisotopic (exact) mass is 218 g/mol. The van der Waals surface area contributed by atoms with Crippen LogP contribution < -0.4 is 10.6 Å². The number of imide groups is 1. The van der Waals surface area contributed by atoms with E-state index < -0.39 is 42.7 Å². The summed E-state index contributed by atoms with van der Waals surface area (Å²) in [6, 6.07) is -0.706. The van der Waals surface area contributed by atoms with E-state index in [-0.39, 0.29) is 0 Å². The van der Waals surface area contributed by atoms with Gasteiger partial charge in [-0.25, -0.2) is 4.79 Å². The maximum Gasteiger partial charge on any atom is 0.322 e. The van der Waals surface area contributed by atoms with E-state index in [0.29, 0.717) is 0 Å². The highest BCUT2D eigenvalue weighted by Crippen LogP contribution is 2.32. The number of aliphatic hydroxyl groups excluding tert-OH is 3. The molecule has 5 N–H and O–H groups in total. The van der Waals surface area contributed by atoms with E-state index in [1.807, 2.05) is 5.32 Å². The number of carbonyl (C=O) groups is 2. The van der Waals surface area contributed by atoms with Gasteiger partial charge in [0.15, 0.2) is 0 Å². The Kier molecular flexibility index (Phi) is 2.98. The third-order valence-corrected chi connectivity index (χ3v) is 3.01. The zero-order valence-electron chi connectivity index (χ0n) is 8.28. The van der Waals surface area contributed by atoms with Crippen molar-refractivity contribution in [3.05, 3.63) is 0 Å². The fourth-order valence-corrected chi connectivity index (χ4v) is 1.54. The van der Waals surface area contributed by atoms with Gasteiger partial charge in [-0.3, -0.25) is 10.1 Å². The average molecular weight is 218 g/mol. The summed E-state index contributed by atoms with van der Waals surface area (Å²) in [6.07, 6.45) is 0. The Morgan fingerprint density at radius 1 is 1.20 bits per heavy atom. The van der Waals surface area contributed by atoms with Crippen LogP contribution in [0.15, 0.2) is 0 Å². The van der Waals surface area contributed by atoms with Gasteiger partial charge in [0, 0.05) is 0 Å². The third-order valence-electron chi connectivity index (χ3n) is 3.01. The lowest BCUT2D eigenvalue weighted by atomic mass is 9.71. The lowest BCUT2D eigenvalue weighted by molar-refractivity contribution is -0.135. The molecule has 3 amide bonds. The fourth-order valence-electron chi connectivity index (χ4n) is 1.54. The minimum atomic E-state index is -1.51. The Morgan fingerprint density at radius 3 is 1.93 bits per heavy atom. The summed E-state index contributed by atoms with van der Waals surface area (Å²) in [5.41, 5.74) is -2.99. The predicted octanol–water partition coefficient (Wildman–Crippen LogP) is -2.45. The molecule has 86 valence electrons. The Labute approximate surface area is 86.1 Å². The first kappa shape index (κ1) is 11.9. The molecular formula is C8H14N2O5. The number of carbonyl (C=O) groups excluding carboxylic acids is 2. The number of amides is 3. The molecule has 0 saturated carbocycles. The molecule has 0 bridgehead atoms. The topological polar surface area (TPSA) is 119 Å². The van der Waals surface area contributed by atoms with Crippen LogP contribution in [0.25, 0.3) is 0 Å². The van der Waals surface area contributed by atoms with Gasteiger partial charge < -0.3 is 20.6 Å². The molecule has 1 rings (SSSR count). The van der Waals surface area contributed by atoms with Crippen molar-refractivity contribution in [1.29, 1.82) is 0 Å². The minimum absolute atomic E-state index is 0.621. The van der Waals surface area contributed by atoms with Crippen molar-refractivity contribution in [1.82, 2.24) is 10.6 Å². The lowest BCUT2D eigenvalue weighted by Crippen LogP contribution is -2.63. The Morgan fingerprint density at radius 2 is 1.67 bits per heavy atom. The van der Waals surface area contributed by atoms with Gasteiger partial charge in [0.1, 0.15) is 5.54 Å². The van der Waals surface area contributed by atoms with Crippen LogP contribution in [0.4, 0.5) is 4.79 Å². The molecule has 7 nitrogen and oxygen atoms in total. The highest BCUT2D eigenvalue weighted by Gasteiger charge is 2.57. The van der Waals surface area contributed by atoms with Gasteiger partial charge in [-0.1, -0.05) is 0 Å². The molecule has 0 aromatic heterocycles. The average Bonchev–Trinajstić information content (AvgIpc) is 2.45. The first-order valence-corrected chi connectivity index (χ1v) is 4.42. The van der Waals surface area contributed by atoms with E-state index in [1.165, 1.54) is 6.92 Å². The van der Waals surface area contributed by atoms with E-state index in [0.717, 1.165) is 0 Å². The molecule has 0 aromatic carbocycles. The Balaban J connectivity index is 3.11. The van der Waals surface area contributed by atoms with Crippen LogP contribution in [-0.4, -0.2) is 52.6 Å². The van der Waals surface area contributed by atoms with E-state index in [2.05, 4.69) is 5.32 Å². The van der Waals surface area contributed by atoms with Crippen molar-refractivity contribution in [2.24, 2.45) is 5.41 Å². The maximum absolute atomic E-state index is 11.5. The first-order chi connectivity index (χ1) is 6.95. The molecule has 0 spiro atoms. The van der Waals surface area contributed by atoms with Gasteiger partial charge in [0.2, 0.25) is 0 Å². The zero-order chi connectivity index (χ0) is 11.7. The molecule has 1 saturated heterocycles. The molecule has 0 aliphatic carbocycles. The summed E-state index contributed by atoms with van der Waals surface area (Å²) in [5, 5.41) is 31.8. The molecule has 15 heavy (non-hydrogen) atoms. The first-order valence-electron chi connectivity index (χ1n) is 4.42. The van der Waals surface area contributed by atoms with Gasteiger partial charge in [-0.2, -0.15) is 0 Å². The number of aliphatic hydroxyl groups is 3. The van der Waals surface area contributed by atoms with Crippen molar-refractivity contribution in [2.45, 2.75) is 12.5 Å². The van der Waals surface area contributed by atoms with Gasteiger partial charge in [-0.15, -0.1) is 0 Å². The molecule has 0 radical (unpaired) electrons. The van der Waals surface area contributed by atoms with Crippen LogP contribution in [0.3, 0.4) is 0 Å². The van der Waals surface area contributed by atoms with E-state index >= 15 is 0 Å². The van der Waals surface area contributed by atoms with Gasteiger partial charge in [0.05, 0.1) is 25.2 Å². The van der Waals surface area contributed by atoms with Crippen LogP contribution in [0.5, 0.6) is 0 Å². The number of urea groups is 1. The molecule has 1 unspecified atom stereocenters. The van der Waals surface area contributed by atoms with Crippen molar-refractivity contribution >= 4 is 11.9 Å². The third kappa shape index (κ3) is 1.48. The van der Waals surface area contributed by atoms with Crippen LogP contribution in [0, 0.1) is 5.41 Å². The molecule has 0 aromatic rings. The standard InChI is InChI=1S/C8H14N2O5/c1-7(5(14)9-6(15)10-7)8(2-11,3-12)4-13/h11-13H,2-4H2,1H3,(H2,9,10,14,15). The second kappa shape index (κ2) is 3.76. The molecular weight excluding hydrogens is 204 g/mol. The van der Waals surface area contributed by atoms with E-state index in [4.69, 9.17) is 15.3 Å². The van der Waals surface area contributed by atoms with E-state index in [1.54, 1.807) is 0 Å². The van der Waals surface area contributed by atoms with Crippen LogP contribution in [0.1, 0.15) is 6.92 Å². The largest absolute Gasteiger partial charge is 0.396 e. The SMILES string of the molecule is CC1(C(CO)(CO)CO)NC(=O)NC1=O. The number of rotatable bonds is 4. The van der Waals surface area contributed by atoms with Crippen molar-refractivity contribution < 1.29 is 24.9 Å². The lowest BCUT2D eigenvalue weighted by Gasteiger charge is -2.40. The minimum Gasteiger partial charge on any atom is -0.396 e. The summed E-state index contributed by atoms with van der Waals surface area (Å²) >= 11 is 0. The molecule has 1 heterocycles. The summed E-state index contributed by atoms with van der Waals surface area (Å²) in [4.78, 5) is 22.5. The quantitative estimate of drug-likeness (QED) is 0.335. The number of nitrogens with one attached hydrogen (secondary N) is 2. The highest BCUT2D eigenvalue weighted by atomic mass is 16.3. The summed E-state index contributed by atoms with van der Waals surface area (Å²) in [6.45, 7) is -0.519. The van der Waals surface area contributed by atoms with Crippen LogP contribution >= 0.6 is 0 Å². The van der Waals surface area contributed by atoms with Crippen molar-refractivity contribution in [3.8, 4) is 0 Å². The molecule has 1 atom stereocenters. The molecule has 1 aliphatic rings.